The number of methoxy groups -OCH3 is 1. The molecule has 0 radical (unpaired) electrons. The van der Waals surface area contributed by atoms with E-state index >= 15 is 0 Å². The predicted molar refractivity (Wildman–Crippen MR) is 71.3 cm³/mol. The molecule has 3 nitrogen and oxygen atoms in total. The van der Waals surface area contributed by atoms with E-state index in [1.807, 2.05) is 17.8 Å². The average molecular weight is 253 g/mol. The van der Waals surface area contributed by atoms with E-state index in [1.54, 1.807) is 7.11 Å². The number of hydrogen-bond acceptors (Lipinski definition) is 4. The van der Waals surface area contributed by atoms with Crippen molar-refractivity contribution in [3.63, 3.8) is 0 Å². The highest BCUT2D eigenvalue weighted by Crippen LogP contribution is 2.33. The van der Waals surface area contributed by atoms with Gasteiger partial charge in [0.2, 0.25) is 0 Å². The van der Waals surface area contributed by atoms with Gasteiger partial charge in [-0.15, -0.1) is 0 Å². The lowest BCUT2D eigenvalue weighted by atomic mass is 9.92. The monoisotopic (exact) mass is 253 g/mol. The summed E-state index contributed by atoms with van der Waals surface area (Å²) in [6.45, 7) is 0.401. The van der Waals surface area contributed by atoms with Crippen LogP contribution in [-0.4, -0.2) is 18.6 Å². The number of thioether (sulfide) groups is 1. The van der Waals surface area contributed by atoms with Crippen molar-refractivity contribution in [1.82, 2.24) is 0 Å². The number of rotatable bonds is 4. The van der Waals surface area contributed by atoms with Crippen LogP contribution in [0.5, 0.6) is 5.75 Å². The fraction of sp³-hybridized carbons (Fsp3) is 0.538. The highest BCUT2D eigenvalue weighted by Gasteiger charge is 2.17. The molecule has 17 heavy (non-hydrogen) atoms. The Morgan fingerprint density at radius 1 is 1.35 bits per heavy atom. The maximum Gasteiger partial charge on any atom is 0.124 e. The Bertz CT molecular complexity index is 364. The van der Waals surface area contributed by atoms with Crippen LogP contribution in [0, 0.1) is 0 Å². The molecule has 0 aromatic heterocycles. The fourth-order valence-electron chi connectivity index (χ4n) is 2.29. The Morgan fingerprint density at radius 2 is 2.12 bits per heavy atom. The first-order valence-electron chi connectivity index (χ1n) is 5.91. The summed E-state index contributed by atoms with van der Waals surface area (Å²) in [5.74, 6) is 9.21. The molecule has 4 heteroatoms. The molecule has 0 unspecified atom stereocenters. The molecule has 0 amide bonds. The molecular weight excluding hydrogens is 234 g/mol. The van der Waals surface area contributed by atoms with Crippen molar-refractivity contribution in [3.8, 4) is 5.75 Å². The van der Waals surface area contributed by atoms with Crippen LogP contribution in [0.2, 0.25) is 0 Å². The minimum Gasteiger partial charge on any atom is -0.496 e. The molecule has 0 spiro atoms. The summed E-state index contributed by atoms with van der Waals surface area (Å²) in [4.78, 5) is 4.73. The second-order valence-electron chi connectivity index (χ2n) is 4.27. The van der Waals surface area contributed by atoms with Crippen LogP contribution in [0.3, 0.4) is 0 Å². The molecule has 0 atom stereocenters. The molecule has 1 aromatic carbocycles. The lowest BCUT2D eigenvalue weighted by molar-refractivity contribution is 0.122. The highest BCUT2D eigenvalue weighted by atomic mass is 32.2. The minimum atomic E-state index is 0.401. The predicted octanol–water partition coefficient (Wildman–Crippen LogP) is 2.70. The van der Waals surface area contributed by atoms with E-state index in [4.69, 9.17) is 15.5 Å². The summed E-state index contributed by atoms with van der Waals surface area (Å²) in [6, 6.07) is 6.36. The van der Waals surface area contributed by atoms with Crippen LogP contribution < -0.4 is 10.6 Å². The summed E-state index contributed by atoms with van der Waals surface area (Å²) in [6.07, 6.45) is 2.53. The van der Waals surface area contributed by atoms with E-state index in [9.17, 15) is 0 Å². The van der Waals surface area contributed by atoms with Crippen molar-refractivity contribution < 1.29 is 9.57 Å². The Hall–Kier alpha value is -0.710. The van der Waals surface area contributed by atoms with Gasteiger partial charge in [-0.1, -0.05) is 6.07 Å². The molecule has 1 aromatic rings. The van der Waals surface area contributed by atoms with Gasteiger partial charge in [0.1, 0.15) is 5.75 Å². The van der Waals surface area contributed by atoms with Gasteiger partial charge in [0.25, 0.3) is 0 Å². The number of nitrogens with two attached hydrogens (primary N) is 1. The van der Waals surface area contributed by atoms with Gasteiger partial charge in [-0.05, 0) is 48.0 Å². The number of ether oxygens (including phenoxy) is 1. The normalized spacial score (nSPS) is 17.1. The van der Waals surface area contributed by atoms with Gasteiger partial charge in [0.05, 0.1) is 13.7 Å². The van der Waals surface area contributed by atoms with Crippen molar-refractivity contribution in [2.45, 2.75) is 25.4 Å². The van der Waals surface area contributed by atoms with Crippen molar-refractivity contribution in [1.29, 1.82) is 0 Å². The van der Waals surface area contributed by atoms with E-state index in [1.165, 1.54) is 29.9 Å². The SMILES string of the molecule is COc1ccc(C2CCSCC2)cc1CON. The van der Waals surface area contributed by atoms with Gasteiger partial charge in [-0.2, -0.15) is 11.8 Å². The topological polar surface area (TPSA) is 44.5 Å². The zero-order valence-electron chi connectivity index (χ0n) is 10.1. The third-order valence-electron chi connectivity index (χ3n) is 3.24. The van der Waals surface area contributed by atoms with Crippen molar-refractivity contribution in [2.24, 2.45) is 5.90 Å². The van der Waals surface area contributed by atoms with Crippen molar-refractivity contribution >= 4 is 11.8 Å². The molecule has 0 saturated carbocycles. The molecule has 1 aliphatic heterocycles. The molecule has 2 N–H and O–H groups in total. The smallest absolute Gasteiger partial charge is 0.124 e. The van der Waals surface area contributed by atoms with Crippen LogP contribution in [0.4, 0.5) is 0 Å². The number of benzene rings is 1. The molecule has 94 valence electrons. The van der Waals surface area contributed by atoms with Crippen LogP contribution in [0.15, 0.2) is 18.2 Å². The Kier molecular flexibility index (Phi) is 4.71. The van der Waals surface area contributed by atoms with E-state index in [2.05, 4.69) is 12.1 Å². The second kappa shape index (κ2) is 6.28. The van der Waals surface area contributed by atoms with E-state index in [-0.39, 0.29) is 0 Å². The second-order valence-corrected chi connectivity index (χ2v) is 5.49. The van der Waals surface area contributed by atoms with Gasteiger partial charge in [-0.3, -0.25) is 4.84 Å². The molecule has 1 aliphatic rings. The maximum absolute atomic E-state index is 5.30. The lowest BCUT2D eigenvalue weighted by Crippen LogP contribution is -2.09. The Morgan fingerprint density at radius 3 is 2.76 bits per heavy atom. The van der Waals surface area contributed by atoms with Gasteiger partial charge >= 0.3 is 0 Å². The minimum absolute atomic E-state index is 0.401. The summed E-state index contributed by atoms with van der Waals surface area (Å²) in [7, 11) is 1.67. The third-order valence-corrected chi connectivity index (χ3v) is 4.28. The molecule has 0 bridgehead atoms. The summed E-state index contributed by atoms with van der Waals surface area (Å²) < 4.78 is 5.30. The van der Waals surface area contributed by atoms with Gasteiger partial charge in [-0.25, -0.2) is 5.90 Å². The first-order chi connectivity index (χ1) is 8.35. The molecule has 0 aliphatic carbocycles. The van der Waals surface area contributed by atoms with Gasteiger partial charge in [0.15, 0.2) is 0 Å². The number of hydrogen-bond donors (Lipinski definition) is 1. The third kappa shape index (κ3) is 3.15. The average Bonchev–Trinajstić information content (AvgIpc) is 2.40. The van der Waals surface area contributed by atoms with E-state index in [0.717, 1.165) is 11.3 Å². The molecule has 1 fully saturated rings. The first kappa shape index (κ1) is 12.7. The lowest BCUT2D eigenvalue weighted by Gasteiger charge is -2.22. The first-order valence-corrected chi connectivity index (χ1v) is 7.07. The maximum atomic E-state index is 5.30. The molecular formula is C13H19NO2S. The summed E-state index contributed by atoms with van der Waals surface area (Å²) in [5, 5.41) is 0. The van der Waals surface area contributed by atoms with Crippen molar-refractivity contribution in [3.05, 3.63) is 29.3 Å². The highest BCUT2D eigenvalue weighted by molar-refractivity contribution is 7.99. The van der Waals surface area contributed by atoms with Crippen LogP contribution in [0.1, 0.15) is 29.9 Å². The fourth-order valence-corrected chi connectivity index (χ4v) is 3.39. The Balaban J connectivity index is 2.19. The zero-order chi connectivity index (χ0) is 12.1. The Labute approximate surface area is 107 Å². The quantitative estimate of drug-likeness (QED) is 0.838. The van der Waals surface area contributed by atoms with Gasteiger partial charge < -0.3 is 4.74 Å². The molecule has 1 heterocycles. The van der Waals surface area contributed by atoms with Crippen LogP contribution in [-0.2, 0) is 11.4 Å². The zero-order valence-corrected chi connectivity index (χ0v) is 11.0. The van der Waals surface area contributed by atoms with Crippen LogP contribution >= 0.6 is 11.8 Å². The molecule has 2 rings (SSSR count). The summed E-state index contributed by atoms with van der Waals surface area (Å²) in [5.41, 5.74) is 2.42. The summed E-state index contributed by atoms with van der Waals surface area (Å²) >= 11 is 2.05. The van der Waals surface area contributed by atoms with Crippen LogP contribution in [0.25, 0.3) is 0 Å². The molecule has 1 saturated heterocycles. The van der Waals surface area contributed by atoms with Crippen molar-refractivity contribution in [2.75, 3.05) is 18.6 Å². The standard InChI is InChI=1S/C13H19NO2S/c1-15-13-3-2-11(8-12(13)9-16-14)10-4-6-17-7-5-10/h2-3,8,10H,4-7,9,14H2,1H3. The largest absolute Gasteiger partial charge is 0.496 e. The van der Waals surface area contributed by atoms with Gasteiger partial charge in [0, 0.05) is 5.56 Å². The van der Waals surface area contributed by atoms with E-state index in [0.29, 0.717) is 12.5 Å². The van der Waals surface area contributed by atoms with E-state index < -0.39 is 0 Å².